The van der Waals surface area contributed by atoms with Crippen molar-refractivity contribution in [2.75, 3.05) is 6.54 Å². The molecule has 0 bridgehead atoms. The fourth-order valence-electron chi connectivity index (χ4n) is 3.89. The highest BCUT2D eigenvalue weighted by molar-refractivity contribution is 5.86. The van der Waals surface area contributed by atoms with E-state index in [1.165, 1.54) is 32.1 Å². The molecule has 21 heavy (non-hydrogen) atoms. The minimum absolute atomic E-state index is 0.107. The second kappa shape index (κ2) is 5.98. The number of rotatable bonds is 6. The Balaban J connectivity index is 1.66. The lowest BCUT2D eigenvalue weighted by Gasteiger charge is -2.41. The largest absolute Gasteiger partial charge is 0.481 e. The molecule has 1 N–H and O–H groups in total. The second-order valence-corrected chi connectivity index (χ2v) is 7.40. The van der Waals surface area contributed by atoms with E-state index in [0.29, 0.717) is 24.8 Å². The maximum atomic E-state index is 12.8. The van der Waals surface area contributed by atoms with Crippen molar-refractivity contribution >= 4 is 11.9 Å². The molecule has 118 valence electrons. The van der Waals surface area contributed by atoms with E-state index < -0.39 is 11.4 Å². The van der Waals surface area contributed by atoms with Crippen molar-refractivity contribution < 1.29 is 14.7 Å². The van der Waals surface area contributed by atoms with Crippen LogP contribution in [0.4, 0.5) is 0 Å². The zero-order valence-electron chi connectivity index (χ0n) is 12.9. The van der Waals surface area contributed by atoms with Gasteiger partial charge in [-0.25, -0.2) is 0 Å². The van der Waals surface area contributed by atoms with Crippen LogP contribution < -0.4 is 0 Å². The van der Waals surface area contributed by atoms with Crippen LogP contribution in [0.1, 0.15) is 70.6 Å². The van der Waals surface area contributed by atoms with Gasteiger partial charge in [-0.2, -0.15) is 0 Å². The normalized spacial score (nSPS) is 25.1. The third kappa shape index (κ3) is 3.24. The minimum atomic E-state index is -0.767. The highest BCUT2D eigenvalue weighted by Gasteiger charge is 2.47. The Morgan fingerprint density at radius 1 is 1.00 bits per heavy atom. The van der Waals surface area contributed by atoms with E-state index in [-0.39, 0.29) is 12.3 Å². The Bertz CT molecular complexity index is 406. The molecule has 4 heteroatoms. The SMILES string of the molecule is O=C(CC1(C(=O)O)CCC1)N(CC1CC1)C1CCCCC1. The zero-order valence-corrected chi connectivity index (χ0v) is 12.9. The summed E-state index contributed by atoms with van der Waals surface area (Å²) in [5, 5.41) is 9.45. The molecule has 3 aliphatic carbocycles. The van der Waals surface area contributed by atoms with Gasteiger partial charge in [0.15, 0.2) is 0 Å². The molecule has 3 aliphatic rings. The molecule has 0 aromatic rings. The molecule has 0 spiro atoms. The van der Waals surface area contributed by atoms with E-state index in [2.05, 4.69) is 4.90 Å². The maximum Gasteiger partial charge on any atom is 0.310 e. The first-order chi connectivity index (χ1) is 10.1. The molecule has 0 unspecified atom stereocenters. The fourth-order valence-corrected chi connectivity index (χ4v) is 3.89. The minimum Gasteiger partial charge on any atom is -0.481 e. The molecular formula is C17H27NO3. The van der Waals surface area contributed by atoms with Gasteiger partial charge in [0.05, 0.1) is 5.41 Å². The summed E-state index contributed by atoms with van der Waals surface area (Å²) in [6, 6.07) is 0.373. The first kappa shape index (κ1) is 14.9. The Morgan fingerprint density at radius 3 is 2.14 bits per heavy atom. The summed E-state index contributed by atoms with van der Waals surface area (Å²) in [5.74, 6) is 0.0195. The van der Waals surface area contributed by atoms with Crippen molar-refractivity contribution in [2.45, 2.75) is 76.7 Å². The van der Waals surface area contributed by atoms with Gasteiger partial charge in [-0.1, -0.05) is 25.7 Å². The molecule has 0 aromatic carbocycles. The summed E-state index contributed by atoms with van der Waals surface area (Å²) in [4.78, 5) is 26.4. The summed E-state index contributed by atoms with van der Waals surface area (Å²) in [5.41, 5.74) is -0.743. The number of amides is 1. The summed E-state index contributed by atoms with van der Waals surface area (Å²) >= 11 is 0. The van der Waals surface area contributed by atoms with E-state index >= 15 is 0 Å². The lowest BCUT2D eigenvalue weighted by Crippen LogP contribution is -2.48. The summed E-state index contributed by atoms with van der Waals surface area (Å²) in [6.45, 7) is 0.874. The van der Waals surface area contributed by atoms with E-state index in [0.717, 1.165) is 25.8 Å². The first-order valence-electron chi connectivity index (χ1n) is 8.64. The summed E-state index contributed by atoms with van der Waals surface area (Å²) in [6.07, 6.45) is 10.9. The van der Waals surface area contributed by atoms with Crippen LogP contribution in [0.3, 0.4) is 0 Å². The monoisotopic (exact) mass is 293 g/mol. The van der Waals surface area contributed by atoms with Crippen LogP contribution in [0.2, 0.25) is 0 Å². The van der Waals surface area contributed by atoms with E-state index in [1.807, 2.05) is 0 Å². The van der Waals surface area contributed by atoms with Crippen molar-refractivity contribution in [2.24, 2.45) is 11.3 Å². The number of hydrogen-bond donors (Lipinski definition) is 1. The first-order valence-corrected chi connectivity index (χ1v) is 8.64. The quantitative estimate of drug-likeness (QED) is 0.818. The van der Waals surface area contributed by atoms with Crippen LogP contribution in [0, 0.1) is 11.3 Å². The Hall–Kier alpha value is -1.06. The van der Waals surface area contributed by atoms with Crippen molar-refractivity contribution in [3.05, 3.63) is 0 Å². The molecule has 0 radical (unpaired) electrons. The van der Waals surface area contributed by atoms with Gasteiger partial charge in [0, 0.05) is 19.0 Å². The average molecular weight is 293 g/mol. The Morgan fingerprint density at radius 2 is 1.67 bits per heavy atom. The third-order valence-electron chi connectivity index (χ3n) is 5.74. The standard InChI is InChI=1S/C17H27NO3/c19-15(11-17(16(20)21)9-4-10-17)18(12-13-7-8-13)14-5-2-1-3-6-14/h13-14H,1-12H2,(H,20,21). The predicted octanol–water partition coefficient (Wildman–Crippen LogP) is 3.20. The van der Waals surface area contributed by atoms with Crippen molar-refractivity contribution in [3.63, 3.8) is 0 Å². The van der Waals surface area contributed by atoms with Crippen LogP contribution in [-0.2, 0) is 9.59 Å². The van der Waals surface area contributed by atoms with Gasteiger partial charge < -0.3 is 10.0 Å². The third-order valence-corrected chi connectivity index (χ3v) is 5.74. The molecule has 0 aromatic heterocycles. The van der Waals surface area contributed by atoms with E-state index in [9.17, 15) is 14.7 Å². The topological polar surface area (TPSA) is 57.6 Å². The molecular weight excluding hydrogens is 266 g/mol. The van der Waals surface area contributed by atoms with Crippen LogP contribution in [0.25, 0.3) is 0 Å². The predicted molar refractivity (Wildman–Crippen MR) is 79.8 cm³/mol. The molecule has 3 fully saturated rings. The zero-order chi connectivity index (χ0) is 14.9. The molecule has 3 rings (SSSR count). The Labute approximate surface area is 126 Å². The Kier molecular flexibility index (Phi) is 4.23. The molecule has 0 heterocycles. The van der Waals surface area contributed by atoms with Gasteiger partial charge >= 0.3 is 5.97 Å². The van der Waals surface area contributed by atoms with Gasteiger partial charge in [0.25, 0.3) is 0 Å². The number of nitrogens with zero attached hydrogens (tertiary/aromatic N) is 1. The van der Waals surface area contributed by atoms with Crippen LogP contribution >= 0.6 is 0 Å². The number of carbonyl (C=O) groups excluding carboxylic acids is 1. The molecule has 3 saturated carbocycles. The van der Waals surface area contributed by atoms with Gasteiger partial charge in [0.1, 0.15) is 0 Å². The number of carbonyl (C=O) groups is 2. The summed E-state index contributed by atoms with van der Waals surface area (Å²) < 4.78 is 0. The maximum absolute atomic E-state index is 12.8. The second-order valence-electron chi connectivity index (χ2n) is 7.40. The number of aliphatic carboxylic acids is 1. The smallest absolute Gasteiger partial charge is 0.310 e. The highest BCUT2D eigenvalue weighted by atomic mass is 16.4. The molecule has 4 nitrogen and oxygen atoms in total. The van der Waals surface area contributed by atoms with Crippen LogP contribution in [0.5, 0.6) is 0 Å². The lowest BCUT2D eigenvalue weighted by molar-refractivity contribution is -0.160. The molecule has 0 saturated heterocycles. The fraction of sp³-hybridized carbons (Fsp3) is 0.882. The average Bonchev–Trinajstić information content (AvgIpc) is 3.24. The van der Waals surface area contributed by atoms with E-state index in [4.69, 9.17) is 0 Å². The molecule has 0 atom stereocenters. The van der Waals surface area contributed by atoms with Crippen molar-refractivity contribution in [1.29, 1.82) is 0 Å². The van der Waals surface area contributed by atoms with E-state index in [1.54, 1.807) is 0 Å². The van der Waals surface area contributed by atoms with Gasteiger partial charge in [-0.15, -0.1) is 0 Å². The van der Waals surface area contributed by atoms with Gasteiger partial charge in [-0.3, -0.25) is 9.59 Å². The molecule has 0 aliphatic heterocycles. The van der Waals surface area contributed by atoms with Gasteiger partial charge in [-0.05, 0) is 44.4 Å². The number of hydrogen-bond acceptors (Lipinski definition) is 2. The van der Waals surface area contributed by atoms with Crippen molar-refractivity contribution in [1.82, 2.24) is 4.90 Å². The van der Waals surface area contributed by atoms with Crippen molar-refractivity contribution in [3.8, 4) is 0 Å². The molecule has 1 amide bonds. The van der Waals surface area contributed by atoms with Gasteiger partial charge in [0.2, 0.25) is 5.91 Å². The highest BCUT2D eigenvalue weighted by Crippen LogP contribution is 2.45. The van der Waals surface area contributed by atoms with Crippen LogP contribution in [-0.4, -0.2) is 34.5 Å². The lowest BCUT2D eigenvalue weighted by atomic mass is 9.66. The number of carboxylic acids is 1. The number of carboxylic acid groups (broad SMARTS) is 1. The van der Waals surface area contributed by atoms with Crippen LogP contribution in [0.15, 0.2) is 0 Å². The summed E-state index contributed by atoms with van der Waals surface area (Å²) in [7, 11) is 0.